The van der Waals surface area contributed by atoms with Crippen LogP contribution in [0.5, 0.6) is 0 Å². The number of nitrogens with zero attached hydrogens (tertiary/aromatic N) is 1. The van der Waals surface area contributed by atoms with E-state index in [0.717, 1.165) is 35.7 Å². The standard InChI is InChI=1S/C36H49F2N5O5S/c1-5-13-43(14-6-2)36(46)29-19-28(20-32(21-29)49(47,48)41-12-11-39-4)35(45)42-33(18-27-16-30(37)22-31(38)17-27)34(44)24-40-23-26-10-8-9-25(7-3)15-26/h8-10,15-17,19-22,33-34,39-41,44H,5-7,11-14,18,23-24H2,1-4H3,(H,42,45)/t33-,34+/m0/s1. The second kappa shape index (κ2) is 19.4. The minimum Gasteiger partial charge on any atom is -0.390 e. The van der Waals surface area contributed by atoms with Crippen molar-refractivity contribution in [3.63, 3.8) is 0 Å². The molecule has 3 rings (SSSR count). The van der Waals surface area contributed by atoms with Crippen molar-refractivity contribution in [2.45, 2.75) is 70.0 Å². The predicted molar refractivity (Wildman–Crippen MR) is 187 cm³/mol. The van der Waals surface area contributed by atoms with Crippen LogP contribution in [-0.4, -0.2) is 82.2 Å². The number of hydrogen-bond acceptors (Lipinski definition) is 7. The summed E-state index contributed by atoms with van der Waals surface area (Å²) >= 11 is 0. The molecule has 0 aliphatic carbocycles. The molecule has 0 bridgehead atoms. The first-order chi connectivity index (χ1) is 23.4. The topological polar surface area (TPSA) is 140 Å². The van der Waals surface area contributed by atoms with E-state index in [9.17, 15) is 31.9 Å². The average molecular weight is 702 g/mol. The summed E-state index contributed by atoms with van der Waals surface area (Å²) in [5.74, 6) is -2.80. The molecule has 0 aliphatic heterocycles. The number of amides is 2. The third-order valence-corrected chi connectivity index (χ3v) is 9.35. The first kappa shape index (κ1) is 39.7. The van der Waals surface area contributed by atoms with Gasteiger partial charge in [0.05, 0.1) is 17.0 Å². The van der Waals surface area contributed by atoms with Crippen molar-refractivity contribution in [2.24, 2.45) is 0 Å². The maximum Gasteiger partial charge on any atom is 0.253 e. The second-order valence-corrected chi connectivity index (χ2v) is 13.7. The Morgan fingerprint density at radius 3 is 2.14 bits per heavy atom. The van der Waals surface area contributed by atoms with Crippen molar-refractivity contribution < 1.29 is 31.9 Å². The van der Waals surface area contributed by atoms with Crippen molar-refractivity contribution in [3.8, 4) is 0 Å². The summed E-state index contributed by atoms with van der Waals surface area (Å²) in [5, 5.41) is 20.1. The van der Waals surface area contributed by atoms with E-state index in [1.165, 1.54) is 18.2 Å². The van der Waals surface area contributed by atoms with Crippen LogP contribution >= 0.6 is 0 Å². The lowest BCUT2D eigenvalue weighted by molar-refractivity contribution is 0.0755. The number of rotatable bonds is 20. The normalized spacial score (nSPS) is 12.8. The molecule has 10 nitrogen and oxygen atoms in total. The molecule has 0 fully saturated rings. The highest BCUT2D eigenvalue weighted by molar-refractivity contribution is 7.89. The van der Waals surface area contributed by atoms with Crippen LogP contribution in [0.1, 0.15) is 71.0 Å². The number of carbonyl (C=O) groups is 2. The Morgan fingerprint density at radius 2 is 1.51 bits per heavy atom. The number of likely N-dealkylation sites (N-methyl/N-ethyl adjacent to an activating group) is 1. The van der Waals surface area contributed by atoms with Crippen LogP contribution in [-0.2, 0) is 29.4 Å². The maximum atomic E-state index is 14.1. The zero-order valence-electron chi connectivity index (χ0n) is 28.7. The number of benzene rings is 3. The molecule has 0 unspecified atom stereocenters. The molecule has 13 heteroatoms. The summed E-state index contributed by atoms with van der Waals surface area (Å²) in [6.45, 7) is 7.67. The summed E-state index contributed by atoms with van der Waals surface area (Å²) in [7, 11) is -2.45. The summed E-state index contributed by atoms with van der Waals surface area (Å²) in [5.41, 5.74) is 2.25. The van der Waals surface area contributed by atoms with E-state index in [1.54, 1.807) is 11.9 Å². The largest absolute Gasteiger partial charge is 0.390 e. The average Bonchev–Trinajstić information content (AvgIpc) is 3.07. The molecule has 2 amide bonds. The number of hydrogen-bond donors (Lipinski definition) is 5. The molecule has 2 atom stereocenters. The van der Waals surface area contributed by atoms with Gasteiger partial charge < -0.3 is 26.0 Å². The van der Waals surface area contributed by atoms with E-state index in [0.29, 0.717) is 39.0 Å². The van der Waals surface area contributed by atoms with Crippen LogP contribution in [0.2, 0.25) is 0 Å². The van der Waals surface area contributed by atoms with Gasteiger partial charge in [0.1, 0.15) is 11.6 Å². The van der Waals surface area contributed by atoms with Crippen molar-refractivity contribution in [3.05, 3.63) is 100 Å². The molecule has 0 aromatic heterocycles. The quantitative estimate of drug-likeness (QED) is 0.113. The molecule has 49 heavy (non-hydrogen) atoms. The molecule has 0 radical (unpaired) electrons. The Bertz CT molecular complexity index is 1630. The molecule has 0 saturated heterocycles. The van der Waals surface area contributed by atoms with Crippen LogP contribution in [0.15, 0.2) is 65.6 Å². The Labute approximate surface area is 288 Å². The molecule has 3 aromatic carbocycles. The molecular formula is C36H49F2N5O5S. The van der Waals surface area contributed by atoms with Crippen LogP contribution in [0, 0.1) is 11.6 Å². The Hall–Kier alpha value is -3.75. The Balaban J connectivity index is 1.96. The van der Waals surface area contributed by atoms with Gasteiger partial charge in [0.15, 0.2) is 0 Å². The highest BCUT2D eigenvalue weighted by atomic mass is 32.2. The molecule has 268 valence electrons. The van der Waals surface area contributed by atoms with E-state index in [1.807, 2.05) is 38.1 Å². The predicted octanol–water partition coefficient (Wildman–Crippen LogP) is 3.78. The fraction of sp³-hybridized carbons (Fsp3) is 0.444. The smallest absolute Gasteiger partial charge is 0.253 e. The van der Waals surface area contributed by atoms with E-state index < -0.39 is 45.6 Å². The Morgan fingerprint density at radius 1 is 0.857 bits per heavy atom. The lowest BCUT2D eigenvalue weighted by Gasteiger charge is -2.26. The number of sulfonamides is 1. The van der Waals surface area contributed by atoms with Gasteiger partial charge in [0.25, 0.3) is 11.8 Å². The second-order valence-electron chi connectivity index (χ2n) is 12.0. The highest BCUT2D eigenvalue weighted by Crippen LogP contribution is 2.19. The lowest BCUT2D eigenvalue weighted by atomic mass is 9.99. The van der Waals surface area contributed by atoms with Gasteiger partial charge in [0.2, 0.25) is 10.0 Å². The summed E-state index contributed by atoms with van der Waals surface area (Å²) in [4.78, 5) is 28.8. The van der Waals surface area contributed by atoms with Crippen molar-refractivity contribution in [2.75, 3.05) is 39.8 Å². The summed E-state index contributed by atoms with van der Waals surface area (Å²) < 4.78 is 57.2. The number of aliphatic hydroxyl groups is 1. The first-order valence-electron chi connectivity index (χ1n) is 16.7. The van der Waals surface area contributed by atoms with Crippen LogP contribution in [0.25, 0.3) is 0 Å². The van der Waals surface area contributed by atoms with Crippen LogP contribution in [0.4, 0.5) is 8.78 Å². The molecule has 5 N–H and O–H groups in total. The number of halogens is 2. The SMILES string of the molecule is CCCN(CCC)C(=O)c1cc(C(=O)N[C@@H](Cc2cc(F)cc(F)c2)[C@H](O)CNCc2cccc(CC)c2)cc(S(=O)(=O)NCCNC)c1. The lowest BCUT2D eigenvalue weighted by Crippen LogP contribution is -2.48. The third kappa shape index (κ3) is 12.3. The van der Waals surface area contributed by atoms with Gasteiger partial charge in [-0.15, -0.1) is 0 Å². The van der Waals surface area contributed by atoms with Gasteiger partial charge >= 0.3 is 0 Å². The van der Waals surface area contributed by atoms with Crippen molar-refractivity contribution in [1.29, 1.82) is 0 Å². The maximum absolute atomic E-state index is 14.1. The number of aryl methyl sites for hydroxylation is 1. The summed E-state index contributed by atoms with van der Waals surface area (Å²) in [6, 6.07) is 13.6. The molecule has 3 aromatic rings. The number of carbonyl (C=O) groups excluding carboxylic acids is 2. The molecular weight excluding hydrogens is 652 g/mol. The monoisotopic (exact) mass is 701 g/mol. The zero-order valence-corrected chi connectivity index (χ0v) is 29.5. The first-order valence-corrected chi connectivity index (χ1v) is 18.2. The minimum absolute atomic E-state index is 0.0174. The van der Waals surface area contributed by atoms with Crippen molar-refractivity contribution >= 4 is 21.8 Å². The molecule has 0 aliphatic rings. The fourth-order valence-electron chi connectivity index (χ4n) is 5.42. The number of aliphatic hydroxyl groups excluding tert-OH is 1. The van der Waals surface area contributed by atoms with Gasteiger partial charge in [-0.05, 0) is 79.8 Å². The van der Waals surface area contributed by atoms with Crippen LogP contribution in [0.3, 0.4) is 0 Å². The van der Waals surface area contributed by atoms with Gasteiger partial charge in [-0.1, -0.05) is 45.0 Å². The minimum atomic E-state index is -4.12. The molecule has 0 heterocycles. The zero-order chi connectivity index (χ0) is 36.0. The van der Waals surface area contributed by atoms with E-state index >= 15 is 0 Å². The van der Waals surface area contributed by atoms with E-state index in [2.05, 4.69) is 27.6 Å². The van der Waals surface area contributed by atoms with Gasteiger partial charge in [0, 0.05) is 56.5 Å². The summed E-state index contributed by atoms with van der Waals surface area (Å²) in [6.07, 6.45) is 0.879. The Kier molecular flexibility index (Phi) is 15.7. The molecule has 0 spiro atoms. The third-order valence-electron chi connectivity index (χ3n) is 7.91. The highest BCUT2D eigenvalue weighted by Gasteiger charge is 2.26. The van der Waals surface area contributed by atoms with E-state index in [-0.39, 0.29) is 41.1 Å². The van der Waals surface area contributed by atoms with Gasteiger partial charge in [-0.2, -0.15) is 0 Å². The van der Waals surface area contributed by atoms with Gasteiger partial charge in [-0.25, -0.2) is 21.9 Å². The number of nitrogens with one attached hydrogen (secondary N) is 4. The van der Waals surface area contributed by atoms with E-state index in [4.69, 9.17) is 0 Å². The van der Waals surface area contributed by atoms with Gasteiger partial charge in [-0.3, -0.25) is 9.59 Å². The fourth-order valence-corrected chi connectivity index (χ4v) is 6.53. The van der Waals surface area contributed by atoms with Crippen molar-refractivity contribution in [1.82, 2.24) is 25.6 Å². The van der Waals surface area contributed by atoms with Crippen LogP contribution < -0.4 is 20.7 Å². The molecule has 0 saturated carbocycles.